The highest BCUT2D eigenvalue weighted by atomic mass is 35.5. The average molecular weight is 249 g/mol. The Morgan fingerprint density at radius 2 is 1.94 bits per heavy atom. The van der Waals surface area contributed by atoms with Crippen LogP contribution >= 0.6 is 11.6 Å². The van der Waals surface area contributed by atoms with Crippen LogP contribution in [0.1, 0.15) is 11.3 Å². The molecule has 0 aliphatic rings. The molecule has 0 bridgehead atoms. The third kappa shape index (κ3) is 3.19. The highest BCUT2D eigenvalue weighted by molar-refractivity contribution is 6.30. The molecule has 0 spiro atoms. The Morgan fingerprint density at radius 1 is 1.24 bits per heavy atom. The van der Waals surface area contributed by atoms with Gasteiger partial charge in [0.05, 0.1) is 0 Å². The predicted octanol–water partition coefficient (Wildman–Crippen LogP) is 3.29. The minimum Gasteiger partial charge on any atom is -0.439 e. The van der Waals surface area contributed by atoms with E-state index >= 15 is 0 Å². The van der Waals surface area contributed by atoms with Crippen molar-refractivity contribution in [3.8, 4) is 11.6 Å². The Balaban J connectivity index is 2.23. The Labute approximate surface area is 105 Å². The van der Waals surface area contributed by atoms with E-state index in [1.165, 1.54) is 0 Å². The molecule has 0 aliphatic carbocycles. The van der Waals surface area contributed by atoms with Crippen molar-refractivity contribution in [2.24, 2.45) is 5.73 Å². The molecular formula is C13H13ClN2O. The quantitative estimate of drug-likeness (QED) is 0.907. The molecule has 2 N–H and O–H groups in total. The molecule has 3 nitrogen and oxygen atoms in total. The van der Waals surface area contributed by atoms with Gasteiger partial charge in [0.2, 0.25) is 5.88 Å². The van der Waals surface area contributed by atoms with Crippen molar-refractivity contribution in [3.63, 3.8) is 0 Å². The van der Waals surface area contributed by atoms with Crippen molar-refractivity contribution in [3.05, 3.63) is 52.7 Å². The van der Waals surface area contributed by atoms with Crippen molar-refractivity contribution in [1.82, 2.24) is 4.98 Å². The van der Waals surface area contributed by atoms with Gasteiger partial charge < -0.3 is 10.5 Å². The molecule has 1 aromatic heterocycles. The molecule has 0 saturated heterocycles. The van der Waals surface area contributed by atoms with E-state index in [0.717, 1.165) is 11.3 Å². The zero-order valence-electron chi connectivity index (χ0n) is 9.48. The number of halogens is 1. The average Bonchev–Trinajstić information content (AvgIpc) is 2.31. The fourth-order valence-electron chi connectivity index (χ4n) is 1.50. The molecule has 1 heterocycles. The second kappa shape index (κ2) is 5.17. The summed E-state index contributed by atoms with van der Waals surface area (Å²) in [5, 5.41) is 0.678. The summed E-state index contributed by atoms with van der Waals surface area (Å²) < 4.78 is 5.63. The first kappa shape index (κ1) is 11.9. The normalized spacial score (nSPS) is 10.3. The van der Waals surface area contributed by atoms with Gasteiger partial charge in [0.25, 0.3) is 0 Å². The second-order valence-electron chi connectivity index (χ2n) is 3.72. The minimum atomic E-state index is 0.473. The van der Waals surface area contributed by atoms with E-state index in [9.17, 15) is 0 Å². The summed E-state index contributed by atoms with van der Waals surface area (Å²) in [7, 11) is 0. The summed E-state index contributed by atoms with van der Waals surface area (Å²) >= 11 is 5.80. The molecule has 4 heteroatoms. The molecule has 1 aromatic carbocycles. The summed E-state index contributed by atoms with van der Waals surface area (Å²) in [4.78, 5) is 4.29. The van der Waals surface area contributed by atoms with E-state index in [0.29, 0.717) is 23.2 Å². The van der Waals surface area contributed by atoms with E-state index in [2.05, 4.69) is 4.98 Å². The number of nitrogens with two attached hydrogens (primary N) is 1. The lowest BCUT2D eigenvalue weighted by molar-refractivity contribution is 0.461. The summed E-state index contributed by atoms with van der Waals surface area (Å²) in [6.07, 6.45) is 0. The maximum atomic E-state index is 5.80. The van der Waals surface area contributed by atoms with E-state index < -0.39 is 0 Å². The summed E-state index contributed by atoms with van der Waals surface area (Å²) in [5.41, 5.74) is 7.49. The SMILES string of the molecule is Cc1cc(CN)cc(Oc2ccc(Cl)cc2)n1. The van der Waals surface area contributed by atoms with Crippen LogP contribution < -0.4 is 10.5 Å². The monoisotopic (exact) mass is 248 g/mol. The number of pyridine rings is 1. The smallest absolute Gasteiger partial charge is 0.219 e. The van der Waals surface area contributed by atoms with Crippen molar-refractivity contribution in [2.75, 3.05) is 0 Å². The van der Waals surface area contributed by atoms with E-state index in [4.69, 9.17) is 22.1 Å². The predicted molar refractivity (Wildman–Crippen MR) is 68.4 cm³/mol. The first-order valence-electron chi connectivity index (χ1n) is 5.28. The van der Waals surface area contributed by atoms with E-state index in [1.54, 1.807) is 24.3 Å². The zero-order valence-corrected chi connectivity index (χ0v) is 10.2. The van der Waals surface area contributed by atoms with E-state index in [1.807, 2.05) is 19.1 Å². The topological polar surface area (TPSA) is 48.1 Å². The number of nitrogens with zero attached hydrogens (tertiary/aromatic N) is 1. The summed E-state index contributed by atoms with van der Waals surface area (Å²) in [6, 6.07) is 10.9. The van der Waals surface area contributed by atoms with Gasteiger partial charge >= 0.3 is 0 Å². The van der Waals surface area contributed by atoms with Gasteiger partial charge in [-0.1, -0.05) is 11.6 Å². The Kier molecular flexibility index (Phi) is 3.61. The van der Waals surface area contributed by atoms with Crippen molar-refractivity contribution in [1.29, 1.82) is 0 Å². The number of rotatable bonds is 3. The molecule has 0 fully saturated rings. The first-order chi connectivity index (χ1) is 8.17. The maximum absolute atomic E-state index is 5.80. The molecule has 17 heavy (non-hydrogen) atoms. The molecule has 0 unspecified atom stereocenters. The molecule has 0 aliphatic heterocycles. The van der Waals surface area contributed by atoms with Crippen LogP contribution in [0.25, 0.3) is 0 Å². The molecular weight excluding hydrogens is 236 g/mol. The van der Waals surface area contributed by atoms with Gasteiger partial charge in [-0.25, -0.2) is 4.98 Å². The van der Waals surface area contributed by atoms with Crippen LogP contribution in [0, 0.1) is 6.92 Å². The molecule has 2 aromatic rings. The Bertz CT molecular complexity index is 511. The molecule has 2 rings (SSSR count). The molecule has 0 saturated carbocycles. The van der Waals surface area contributed by atoms with Crippen molar-refractivity contribution >= 4 is 11.6 Å². The Hall–Kier alpha value is -1.58. The zero-order chi connectivity index (χ0) is 12.3. The van der Waals surface area contributed by atoms with Gasteiger partial charge in [-0.2, -0.15) is 0 Å². The lowest BCUT2D eigenvalue weighted by atomic mass is 10.2. The van der Waals surface area contributed by atoms with E-state index in [-0.39, 0.29) is 0 Å². The molecule has 88 valence electrons. The first-order valence-corrected chi connectivity index (χ1v) is 5.66. The van der Waals surface area contributed by atoms with Crippen LogP contribution in [0.3, 0.4) is 0 Å². The van der Waals surface area contributed by atoms with Gasteiger partial charge in [-0.3, -0.25) is 0 Å². The standard InChI is InChI=1S/C13H13ClN2O/c1-9-6-10(8-15)7-13(16-9)17-12-4-2-11(14)3-5-12/h2-7H,8,15H2,1H3. The van der Waals surface area contributed by atoms with Gasteiger partial charge in [-0.05, 0) is 42.8 Å². The van der Waals surface area contributed by atoms with Gasteiger partial charge in [0.1, 0.15) is 5.75 Å². The molecule has 0 radical (unpaired) electrons. The number of ether oxygens (including phenoxy) is 1. The number of hydrogen-bond donors (Lipinski definition) is 1. The van der Waals surface area contributed by atoms with Gasteiger partial charge in [0.15, 0.2) is 0 Å². The number of aromatic nitrogens is 1. The fraction of sp³-hybridized carbons (Fsp3) is 0.154. The lowest BCUT2D eigenvalue weighted by Gasteiger charge is -2.07. The van der Waals surface area contributed by atoms with Crippen LogP contribution in [0.15, 0.2) is 36.4 Å². The highest BCUT2D eigenvalue weighted by Crippen LogP contribution is 2.22. The molecule has 0 amide bonds. The summed E-state index contributed by atoms with van der Waals surface area (Å²) in [6.45, 7) is 2.38. The van der Waals surface area contributed by atoms with Crippen LogP contribution in [-0.2, 0) is 6.54 Å². The number of hydrogen-bond acceptors (Lipinski definition) is 3. The summed E-state index contributed by atoms with van der Waals surface area (Å²) in [5.74, 6) is 1.25. The van der Waals surface area contributed by atoms with Crippen molar-refractivity contribution < 1.29 is 4.74 Å². The van der Waals surface area contributed by atoms with Crippen LogP contribution in [0.2, 0.25) is 5.02 Å². The number of aryl methyl sites for hydroxylation is 1. The highest BCUT2D eigenvalue weighted by Gasteiger charge is 2.02. The number of benzene rings is 1. The van der Waals surface area contributed by atoms with Crippen LogP contribution in [0.5, 0.6) is 11.6 Å². The third-order valence-electron chi connectivity index (χ3n) is 2.26. The minimum absolute atomic E-state index is 0.473. The van der Waals surface area contributed by atoms with Crippen LogP contribution in [0.4, 0.5) is 0 Å². The second-order valence-corrected chi connectivity index (χ2v) is 4.15. The van der Waals surface area contributed by atoms with Crippen molar-refractivity contribution in [2.45, 2.75) is 13.5 Å². The lowest BCUT2D eigenvalue weighted by Crippen LogP contribution is -1.99. The maximum Gasteiger partial charge on any atom is 0.219 e. The van der Waals surface area contributed by atoms with Gasteiger partial charge in [-0.15, -0.1) is 0 Å². The Morgan fingerprint density at radius 3 is 2.59 bits per heavy atom. The third-order valence-corrected chi connectivity index (χ3v) is 2.51. The molecule has 0 atom stereocenters. The largest absolute Gasteiger partial charge is 0.439 e. The van der Waals surface area contributed by atoms with Gasteiger partial charge in [0, 0.05) is 23.3 Å². The van der Waals surface area contributed by atoms with Crippen LogP contribution in [-0.4, -0.2) is 4.98 Å². The fourth-order valence-corrected chi connectivity index (χ4v) is 1.63.